The number of nitrogens with two attached hydrogens (primary N) is 1. The number of aliphatic carboxylic acids is 1. The van der Waals surface area contributed by atoms with Gasteiger partial charge in [0.25, 0.3) is 0 Å². The smallest absolute Gasteiger partial charge is 0.326 e. The molecule has 0 saturated heterocycles. The summed E-state index contributed by atoms with van der Waals surface area (Å²) in [6.45, 7) is 3.45. The molecule has 0 spiro atoms. The number of rotatable bonds is 13. The zero-order valence-corrected chi connectivity index (χ0v) is 22.8. The summed E-state index contributed by atoms with van der Waals surface area (Å²) in [6.07, 6.45) is 2.14. The summed E-state index contributed by atoms with van der Waals surface area (Å²) in [5.74, 6) is -3.38. The molecule has 1 aromatic heterocycles. The molecule has 4 atom stereocenters. The molecule has 11 heteroatoms. The first-order valence-electron chi connectivity index (χ1n) is 12.7. The number of thiol groups is 1. The topological polar surface area (TPSA) is 166 Å². The number of hydrogen-bond acceptors (Lipinski definition) is 6. The van der Waals surface area contributed by atoms with Gasteiger partial charge in [-0.1, -0.05) is 62.4 Å². The fourth-order valence-corrected chi connectivity index (χ4v) is 4.46. The molecule has 0 aliphatic heterocycles. The lowest BCUT2D eigenvalue weighted by atomic mass is 10.0. The third-order valence-corrected chi connectivity index (χ3v) is 6.78. The molecule has 39 heavy (non-hydrogen) atoms. The van der Waals surface area contributed by atoms with E-state index in [1.165, 1.54) is 0 Å². The maximum atomic E-state index is 13.0. The molecule has 3 amide bonds. The molecule has 4 unspecified atom stereocenters. The number of aromatic nitrogens is 1. The number of aromatic amines is 1. The molecule has 2 aromatic carbocycles. The fraction of sp³-hybridized carbons (Fsp3) is 0.357. The van der Waals surface area contributed by atoms with Crippen LogP contribution in [0, 0.1) is 5.92 Å². The van der Waals surface area contributed by atoms with Gasteiger partial charge in [0.2, 0.25) is 17.7 Å². The van der Waals surface area contributed by atoms with Gasteiger partial charge in [0.15, 0.2) is 0 Å². The van der Waals surface area contributed by atoms with Gasteiger partial charge < -0.3 is 31.8 Å². The highest BCUT2D eigenvalue weighted by Gasteiger charge is 2.31. The number of fused-ring (bicyclic) bond motifs is 1. The molecule has 0 saturated carbocycles. The van der Waals surface area contributed by atoms with Gasteiger partial charge in [0.05, 0.1) is 6.04 Å². The van der Waals surface area contributed by atoms with Crippen molar-refractivity contribution in [2.24, 2.45) is 11.7 Å². The quantitative estimate of drug-likeness (QED) is 0.158. The number of carboxylic acid groups (broad SMARTS) is 1. The van der Waals surface area contributed by atoms with Crippen molar-refractivity contribution in [3.05, 3.63) is 71.9 Å². The molecule has 0 aliphatic rings. The Kier molecular flexibility index (Phi) is 10.5. The van der Waals surface area contributed by atoms with Crippen molar-refractivity contribution in [3.63, 3.8) is 0 Å². The van der Waals surface area contributed by atoms with Gasteiger partial charge >= 0.3 is 5.97 Å². The second kappa shape index (κ2) is 13.8. The molecule has 7 N–H and O–H groups in total. The molecule has 3 rings (SSSR count). The zero-order chi connectivity index (χ0) is 28.5. The van der Waals surface area contributed by atoms with Crippen LogP contribution >= 0.6 is 12.6 Å². The SMILES string of the molecule is CC(C)C(NC(=O)C(CS)NC(=O)C(N)Cc1c[nH]c2ccccc12)C(=O)NC(Cc1ccccc1)C(=O)O. The minimum atomic E-state index is -1.19. The minimum absolute atomic E-state index is 0.0322. The Morgan fingerprint density at radius 2 is 1.51 bits per heavy atom. The van der Waals surface area contributed by atoms with Gasteiger partial charge in [0.1, 0.15) is 18.1 Å². The summed E-state index contributed by atoms with van der Waals surface area (Å²) >= 11 is 4.20. The van der Waals surface area contributed by atoms with Gasteiger partial charge in [-0.05, 0) is 29.5 Å². The van der Waals surface area contributed by atoms with Crippen LogP contribution in [0.5, 0.6) is 0 Å². The van der Waals surface area contributed by atoms with Crippen molar-refractivity contribution in [2.75, 3.05) is 5.75 Å². The monoisotopic (exact) mass is 553 g/mol. The minimum Gasteiger partial charge on any atom is -0.480 e. The van der Waals surface area contributed by atoms with E-state index in [0.29, 0.717) is 0 Å². The summed E-state index contributed by atoms with van der Waals surface area (Å²) < 4.78 is 0. The van der Waals surface area contributed by atoms with Gasteiger partial charge in [0, 0.05) is 29.3 Å². The Bertz CT molecular complexity index is 1300. The van der Waals surface area contributed by atoms with Gasteiger partial charge in [-0.15, -0.1) is 0 Å². The van der Waals surface area contributed by atoms with Crippen LogP contribution in [0.3, 0.4) is 0 Å². The summed E-state index contributed by atoms with van der Waals surface area (Å²) in [7, 11) is 0. The predicted octanol–water partition coefficient (Wildman–Crippen LogP) is 1.41. The van der Waals surface area contributed by atoms with Gasteiger partial charge in [-0.3, -0.25) is 14.4 Å². The Morgan fingerprint density at radius 3 is 2.15 bits per heavy atom. The standard InChI is InChI=1S/C28H35N5O5S/c1-16(2)24(27(36)31-22(28(37)38)12-17-8-4-3-5-9-17)33-26(35)23(15-39)32-25(34)20(29)13-18-14-30-21-11-7-6-10-19(18)21/h3-11,14,16,20,22-24,30,39H,12-13,15,29H2,1-2H3,(H,31,36)(H,32,34)(H,33,35)(H,37,38). The van der Waals surface area contributed by atoms with E-state index in [-0.39, 0.29) is 24.5 Å². The Balaban J connectivity index is 1.61. The van der Waals surface area contributed by atoms with E-state index in [1.54, 1.807) is 44.3 Å². The highest BCUT2D eigenvalue weighted by Crippen LogP contribution is 2.18. The van der Waals surface area contributed by atoms with Crippen LogP contribution in [0.4, 0.5) is 0 Å². The first-order chi connectivity index (χ1) is 18.6. The van der Waals surface area contributed by atoms with E-state index in [2.05, 4.69) is 33.6 Å². The van der Waals surface area contributed by atoms with Crippen LogP contribution in [0.1, 0.15) is 25.0 Å². The van der Waals surface area contributed by atoms with Crippen molar-refractivity contribution in [3.8, 4) is 0 Å². The Morgan fingerprint density at radius 1 is 0.872 bits per heavy atom. The highest BCUT2D eigenvalue weighted by molar-refractivity contribution is 7.80. The third-order valence-electron chi connectivity index (χ3n) is 6.41. The van der Waals surface area contributed by atoms with Crippen LogP contribution in [0.2, 0.25) is 0 Å². The number of hydrogen-bond donors (Lipinski definition) is 7. The number of amides is 3. The van der Waals surface area contributed by atoms with E-state index in [4.69, 9.17) is 5.73 Å². The zero-order valence-electron chi connectivity index (χ0n) is 21.9. The molecular weight excluding hydrogens is 518 g/mol. The van der Waals surface area contributed by atoms with Crippen molar-refractivity contribution < 1.29 is 24.3 Å². The van der Waals surface area contributed by atoms with Crippen molar-refractivity contribution in [2.45, 2.75) is 50.9 Å². The molecule has 0 radical (unpaired) electrons. The Hall–Kier alpha value is -3.83. The first-order valence-corrected chi connectivity index (χ1v) is 13.3. The number of carboxylic acids is 1. The number of H-pyrrole nitrogens is 1. The molecule has 3 aromatic rings. The van der Waals surface area contributed by atoms with E-state index < -0.39 is 47.9 Å². The Labute approximate surface area is 232 Å². The molecule has 10 nitrogen and oxygen atoms in total. The van der Waals surface area contributed by atoms with Crippen molar-refractivity contribution in [1.29, 1.82) is 0 Å². The molecule has 1 heterocycles. The molecule has 0 aliphatic carbocycles. The second-order valence-corrected chi connectivity index (χ2v) is 10.1. The average Bonchev–Trinajstić information content (AvgIpc) is 3.32. The fourth-order valence-electron chi connectivity index (χ4n) is 4.20. The lowest BCUT2D eigenvalue weighted by Gasteiger charge is -2.26. The lowest BCUT2D eigenvalue weighted by Crippen LogP contribution is -2.59. The van der Waals surface area contributed by atoms with E-state index in [1.807, 2.05) is 30.3 Å². The van der Waals surface area contributed by atoms with Gasteiger partial charge in [-0.2, -0.15) is 12.6 Å². The maximum Gasteiger partial charge on any atom is 0.326 e. The normalized spacial score (nSPS) is 14.3. The summed E-state index contributed by atoms with van der Waals surface area (Å²) in [5, 5.41) is 18.4. The lowest BCUT2D eigenvalue weighted by molar-refractivity contribution is -0.142. The van der Waals surface area contributed by atoms with Crippen LogP contribution in [-0.4, -0.2) is 63.7 Å². The summed E-state index contributed by atoms with van der Waals surface area (Å²) in [4.78, 5) is 53.8. The van der Waals surface area contributed by atoms with Crippen LogP contribution < -0.4 is 21.7 Å². The number of carbonyl (C=O) groups excluding carboxylic acids is 3. The molecule has 208 valence electrons. The van der Waals surface area contributed by atoms with Gasteiger partial charge in [-0.25, -0.2) is 4.79 Å². The predicted molar refractivity (Wildman–Crippen MR) is 152 cm³/mol. The number of carbonyl (C=O) groups is 4. The number of para-hydroxylation sites is 1. The first kappa shape index (κ1) is 29.7. The number of benzene rings is 2. The van der Waals surface area contributed by atoms with E-state index in [9.17, 15) is 24.3 Å². The summed E-state index contributed by atoms with van der Waals surface area (Å²) in [5.41, 5.74) is 8.70. The van der Waals surface area contributed by atoms with Crippen molar-refractivity contribution in [1.82, 2.24) is 20.9 Å². The largest absolute Gasteiger partial charge is 0.480 e. The average molecular weight is 554 g/mol. The molecule has 0 fully saturated rings. The maximum absolute atomic E-state index is 13.0. The second-order valence-electron chi connectivity index (χ2n) is 9.73. The van der Waals surface area contributed by atoms with Crippen LogP contribution in [0.25, 0.3) is 10.9 Å². The van der Waals surface area contributed by atoms with E-state index >= 15 is 0 Å². The summed E-state index contributed by atoms with van der Waals surface area (Å²) in [6, 6.07) is 12.4. The molecular formula is C28H35N5O5S. The number of nitrogens with one attached hydrogen (secondary N) is 4. The van der Waals surface area contributed by atoms with Crippen LogP contribution in [-0.2, 0) is 32.0 Å². The van der Waals surface area contributed by atoms with E-state index in [0.717, 1.165) is 22.0 Å². The third kappa shape index (κ3) is 8.08. The van der Waals surface area contributed by atoms with Crippen molar-refractivity contribution >= 4 is 47.2 Å². The highest BCUT2D eigenvalue weighted by atomic mass is 32.1. The van der Waals surface area contributed by atoms with Crippen LogP contribution in [0.15, 0.2) is 60.8 Å². The molecule has 0 bridgehead atoms.